The minimum Gasteiger partial charge on any atom is -0.488 e. The lowest BCUT2D eigenvalue weighted by atomic mass is 10.1. The highest BCUT2D eigenvalue weighted by molar-refractivity contribution is 8.18. The number of nitrogens with zero attached hydrogens (tertiary/aromatic N) is 1. The van der Waals surface area contributed by atoms with E-state index >= 15 is 0 Å². The van der Waals surface area contributed by atoms with E-state index in [9.17, 15) is 9.59 Å². The van der Waals surface area contributed by atoms with Crippen molar-refractivity contribution in [3.05, 3.63) is 68.5 Å². The van der Waals surface area contributed by atoms with Gasteiger partial charge in [0.2, 0.25) is 0 Å². The number of amides is 2. The number of hydrogen-bond acceptors (Lipinski definition) is 4. The highest BCUT2D eigenvalue weighted by atomic mass is 35.5. The van der Waals surface area contributed by atoms with Crippen LogP contribution in [0, 0.1) is 0 Å². The Morgan fingerprint density at radius 1 is 1.14 bits per heavy atom. The Labute approximate surface area is 178 Å². The zero-order valence-corrected chi connectivity index (χ0v) is 17.6. The molecule has 2 aromatic rings. The second-order valence-electron chi connectivity index (χ2n) is 6.25. The first-order valence-corrected chi connectivity index (χ1v) is 10.5. The van der Waals surface area contributed by atoms with Gasteiger partial charge in [0.05, 0.1) is 4.91 Å². The van der Waals surface area contributed by atoms with Crippen molar-refractivity contribution in [3.8, 4) is 5.75 Å². The van der Waals surface area contributed by atoms with Crippen molar-refractivity contribution in [1.82, 2.24) is 4.90 Å². The molecule has 0 unspecified atom stereocenters. The molecule has 7 heteroatoms. The van der Waals surface area contributed by atoms with E-state index in [1.165, 1.54) is 4.90 Å². The van der Waals surface area contributed by atoms with Crippen LogP contribution in [-0.2, 0) is 11.4 Å². The number of benzene rings is 2. The molecular weight excluding hydrogens is 417 g/mol. The van der Waals surface area contributed by atoms with Gasteiger partial charge in [-0.05, 0) is 42.5 Å². The number of halogens is 2. The van der Waals surface area contributed by atoms with Crippen LogP contribution in [0.4, 0.5) is 4.79 Å². The molecule has 0 bridgehead atoms. The second-order valence-corrected chi connectivity index (χ2v) is 8.09. The topological polar surface area (TPSA) is 46.6 Å². The Morgan fingerprint density at radius 3 is 2.68 bits per heavy atom. The molecule has 0 N–H and O–H groups in total. The zero-order valence-electron chi connectivity index (χ0n) is 15.3. The number of hydrogen-bond donors (Lipinski definition) is 0. The van der Waals surface area contributed by atoms with Crippen LogP contribution >= 0.6 is 35.0 Å². The van der Waals surface area contributed by atoms with Gasteiger partial charge in [-0.1, -0.05) is 60.8 Å². The van der Waals surface area contributed by atoms with Crippen LogP contribution in [0.2, 0.25) is 10.0 Å². The Balaban J connectivity index is 1.78. The lowest BCUT2D eigenvalue weighted by Gasteiger charge is -2.12. The molecule has 3 rings (SSSR count). The molecule has 146 valence electrons. The number of carbonyl (C=O) groups excluding carboxylic acids is 2. The van der Waals surface area contributed by atoms with Crippen LogP contribution in [0.1, 0.15) is 30.9 Å². The number of thioether (sulfide) groups is 1. The summed E-state index contributed by atoms with van der Waals surface area (Å²) in [5.74, 6) is 0.355. The fourth-order valence-electron chi connectivity index (χ4n) is 2.68. The Morgan fingerprint density at radius 2 is 1.93 bits per heavy atom. The van der Waals surface area contributed by atoms with Gasteiger partial charge >= 0.3 is 0 Å². The van der Waals surface area contributed by atoms with Crippen LogP contribution in [0.25, 0.3) is 6.08 Å². The summed E-state index contributed by atoms with van der Waals surface area (Å²) in [5, 5.41) is 0.867. The predicted molar refractivity (Wildman–Crippen MR) is 115 cm³/mol. The van der Waals surface area contributed by atoms with Gasteiger partial charge in [0, 0.05) is 27.7 Å². The van der Waals surface area contributed by atoms with Crippen molar-refractivity contribution >= 4 is 52.2 Å². The van der Waals surface area contributed by atoms with Gasteiger partial charge in [-0.3, -0.25) is 14.5 Å². The zero-order chi connectivity index (χ0) is 20.1. The fourth-order valence-corrected chi connectivity index (χ4v) is 3.99. The first-order chi connectivity index (χ1) is 13.5. The van der Waals surface area contributed by atoms with E-state index in [-0.39, 0.29) is 17.8 Å². The minimum atomic E-state index is -0.251. The summed E-state index contributed by atoms with van der Waals surface area (Å²) in [7, 11) is 0. The van der Waals surface area contributed by atoms with E-state index < -0.39 is 0 Å². The average molecular weight is 436 g/mol. The van der Waals surface area contributed by atoms with E-state index in [0.717, 1.165) is 35.7 Å². The molecule has 0 radical (unpaired) electrons. The quantitative estimate of drug-likeness (QED) is 0.471. The normalized spacial score (nSPS) is 15.5. The molecule has 0 spiro atoms. The number of carbonyl (C=O) groups is 2. The molecule has 0 atom stereocenters. The maximum absolute atomic E-state index is 12.5. The van der Waals surface area contributed by atoms with Crippen LogP contribution in [0.5, 0.6) is 5.75 Å². The summed E-state index contributed by atoms with van der Waals surface area (Å²) < 4.78 is 5.92. The largest absolute Gasteiger partial charge is 0.488 e. The SMILES string of the molecule is CCCCN1C(=O)S/C(=C\c2ccccc2OCc2ccc(Cl)cc2Cl)C1=O. The van der Waals surface area contributed by atoms with Gasteiger partial charge in [-0.2, -0.15) is 0 Å². The Kier molecular flexibility index (Phi) is 7.05. The van der Waals surface area contributed by atoms with Crippen molar-refractivity contribution in [3.63, 3.8) is 0 Å². The van der Waals surface area contributed by atoms with Gasteiger partial charge in [0.15, 0.2) is 0 Å². The molecule has 1 heterocycles. The predicted octanol–water partition coefficient (Wildman–Crippen LogP) is 6.41. The van der Waals surface area contributed by atoms with Gasteiger partial charge < -0.3 is 4.74 Å². The van der Waals surface area contributed by atoms with Gasteiger partial charge in [0.25, 0.3) is 11.1 Å². The van der Waals surface area contributed by atoms with E-state index in [1.807, 2.05) is 37.3 Å². The lowest BCUT2D eigenvalue weighted by Crippen LogP contribution is -2.29. The number of ether oxygens (including phenoxy) is 1. The minimum absolute atomic E-state index is 0.226. The maximum Gasteiger partial charge on any atom is 0.293 e. The van der Waals surface area contributed by atoms with E-state index in [2.05, 4.69) is 0 Å². The third kappa shape index (κ3) is 4.90. The van der Waals surface area contributed by atoms with Crippen LogP contribution in [-0.4, -0.2) is 22.6 Å². The number of unbranched alkanes of at least 4 members (excludes halogenated alkanes) is 1. The molecule has 28 heavy (non-hydrogen) atoms. The molecule has 0 saturated carbocycles. The summed E-state index contributed by atoms with van der Waals surface area (Å²) in [6, 6.07) is 12.6. The molecular formula is C21H19Cl2NO3S. The summed E-state index contributed by atoms with van der Waals surface area (Å²) in [5.41, 5.74) is 1.54. The van der Waals surface area contributed by atoms with E-state index in [4.69, 9.17) is 27.9 Å². The standard InChI is InChI=1S/C21H19Cl2NO3S/c1-2-3-10-24-20(25)19(28-21(24)26)11-14-6-4-5-7-18(14)27-13-15-8-9-16(22)12-17(15)23/h4-9,11-12H,2-3,10,13H2,1H3/b19-11-. The summed E-state index contributed by atoms with van der Waals surface area (Å²) in [6.45, 7) is 2.74. The highest BCUT2D eigenvalue weighted by Crippen LogP contribution is 2.34. The van der Waals surface area contributed by atoms with E-state index in [0.29, 0.717) is 27.2 Å². The van der Waals surface area contributed by atoms with Crippen LogP contribution in [0.3, 0.4) is 0 Å². The summed E-state index contributed by atoms with van der Waals surface area (Å²) in [4.78, 5) is 26.4. The molecule has 2 aromatic carbocycles. The number of imide groups is 1. The molecule has 1 aliphatic heterocycles. The maximum atomic E-state index is 12.5. The molecule has 1 saturated heterocycles. The first-order valence-electron chi connectivity index (χ1n) is 8.90. The third-order valence-electron chi connectivity index (χ3n) is 4.21. The molecule has 2 amide bonds. The smallest absolute Gasteiger partial charge is 0.293 e. The van der Waals surface area contributed by atoms with Crippen molar-refractivity contribution in [2.75, 3.05) is 6.54 Å². The van der Waals surface area contributed by atoms with Gasteiger partial charge in [0.1, 0.15) is 12.4 Å². The molecule has 0 aliphatic carbocycles. The Hall–Kier alpha value is -1.95. The van der Waals surface area contributed by atoms with Crippen molar-refractivity contribution in [1.29, 1.82) is 0 Å². The van der Waals surface area contributed by atoms with Crippen molar-refractivity contribution < 1.29 is 14.3 Å². The average Bonchev–Trinajstić information content (AvgIpc) is 2.93. The van der Waals surface area contributed by atoms with Gasteiger partial charge in [-0.15, -0.1) is 0 Å². The lowest BCUT2D eigenvalue weighted by molar-refractivity contribution is -0.122. The monoisotopic (exact) mass is 435 g/mol. The highest BCUT2D eigenvalue weighted by Gasteiger charge is 2.34. The van der Waals surface area contributed by atoms with Crippen molar-refractivity contribution in [2.24, 2.45) is 0 Å². The fraction of sp³-hybridized carbons (Fsp3) is 0.238. The number of rotatable bonds is 7. The summed E-state index contributed by atoms with van der Waals surface area (Å²) >= 11 is 13.1. The third-order valence-corrected chi connectivity index (χ3v) is 5.71. The summed E-state index contributed by atoms with van der Waals surface area (Å²) in [6.07, 6.45) is 3.42. The molecule has 4 nitrogen and oxygen atoms in total. The second kappa shape index (κ2) is 9.50. The van der Waals surface area contributed by atoms with Crippen molar-refractivity contribution in [2.45, 2.75) is 26.4 Å². The van der Waals surface area contributed by atoms with Crippen LogP contribution in [0.15, 0.2) is 47.4 Å². The van der Waals surface area contributed by atoms with Gasteiger partial charge in [-0.25, -0.2) is 0 Å². The molecule has 1 aliphatic rings. The van der Waals surface area contributed by atoms with E-state index in [1.54, 1.807) is 18.2 Å². The number of para-hydroxylation sites is 1. The van der Waals surface area contributed by atoms with Crippen LogP contribution < -0.4 is 4.74 Å². The Bertz CT molecular complexity index is 930. The molecule has 1 fully saturated rings. The first kappa shape index (κ1) is 20.8. The molecule has 0 aromatic heterocycles.